The molecule has 0 atom stereocenters. The molecule has 0 aliphatic carbocycles. The number of hydrogen-bond donors (Lipinski definition) is 0. The number of nitrogens with zero attached hydrogens (tertiary/aromatic N) is 3. The predicted octanol–water partition coefficient (Wildman–Crippen LogP) is 7.31. The van der Waals surface area contributed by atoms with Crippen LogP contribution in [-0.2, 0) is 20.1 Å². The second-order valence-corrected chi connectivity index (χ2v) is 7.54. The van der Waals surface area contributed by atoms with Gasteiger partial charge in [-0.3, -0.25) is 9.97 Å². The molecule has 0 saturated carbocycles. The molecule has 6 rings (SSSR count). The van der Waals surface area contributed by atoms with Crippen LogP contribution in [0.15, 0.2) is 128 Å². The minimum atomic E-state index is 0. The Bertz CT molecular complexity index is 1360. The van der Waals surface area contributed by atoms with Crippen molar-refractivity contribution in [2.75, 3.05) is 0 Å². The van der Waals surface area contributed by atoms with Gasteiger partial charge in [0, 0.05) is 32.0 Å². The molecular weight excluding hydrogens is 607 g/mol. The van der Waals surface area contributed by atoms with Crippen molar-refractivity contribution >= 4 is 11.0 Å². The quantitative estimate of drug-likeness (QED) is 0.193. The summed E-state index contributed by atoms with van der Waals surface area (Å²) in [6, 6.07) is 46.1. The molecule has 0 saturated heterocycles. The Labute approximate surface area is 218 Å². The molecule has 0 amide bonds. The summed E-state index contributed by atoms with van der Waals surface area (Å²) in [5.41, 5.74) is 7.59. The third-order valence-corrected chi connectivity index (χ3v) is 5.23. The van der Waals surface area contributed by atoms with Gasteiger partial charge in [-0.25, -0.2) is 0 Å². The standard InChI is InChI=1S/C20H13N2.C11H8N.Ir/c1-3-9-15(10-4-1)19-20(16-11-5-2-6-12-16)22-18-14-8-7-13-17(18)21-19;1-2-6-10(7-3-1)11-8-4-5-9-12-11;/h1-11,13-14H;1-6,8-9H;/q2*-1;. The van der Waals surface area contributed by atoms with Crippen LogP contribution in [0.4, 0.5) is 0 Å². The first-order valence-corrected chi connectivity index (χ1v) is 11.1. The van der Waals surface area contributed by atoms with Crippen molar-refractivity contribution in [1.82, 2.24) is 15.0 Å². The molecule has 0 fully saturated rings. The molecule has 2 heterocycles. The summed E-state index contributed by atoms with van der Waals surface area (Å²) in [5, 5.41) is 0. The maximum absolute atomic E-state index is 4.84. The molecule has 0 bridgehead atoms. The minimum absolute atomic E-state index is 0. The van der Waals surface area contributed by atoms with E-state index < -0.39 is 0 Å². The molecular formula is C31H21IrN3-2. The summed E-state index contributed by atoms with van der Waals surface area (Å²) in [4.78, 5) is 13.9. The van der Waals surface area contributed by atoms with Gasteiger partial charge in [-0.1, -0.05) is 54.6 Å². The van der Waals surface area contributed by atoms with Crippen LogP contribution in [0.1, 0.15) is 0 Å². The number of benzene rings is 4. The first-order valence-electron chi connectivity index (χ1n) is 11.1. The van der Waals surface area contributed by atoms with Crippen LogP contribution < -0.4 is 0 Å². The van der Waals surface area contributed by atoms with Crippen LogP contribution in [0.3, 0.4) is 0 Å². The maximum atomic E-state index is 4.84. The molecule has 4 aromatic carbocycles. The molecule has 4 heteroatoms. The number of aromatic nitrogens is 3. The fourth-order valence-corrected chi connectivity index (χ4v) is 3.60. The van der Waals surface area contributed by atoms with E-state index in [1.54, 1.807) is 6.20 Å². The Balaban J connectivity index is 0.000000189. The summed E-state index contributed by atoms with van der Waals surface area (Å²) in [5.74, 6) is 0. The van der Waals surface area contributed by atoms with E-state index in [4.69, 9.17) is 9.97 Å². The molecule has 0 unspecified atom stereocenters. The van der Waals surface area contributed by atoms with Crippen LogP contribution in [-0.4, -0.2) is 15.0 Å². The van der Waals surface area contributed by atoms with E-state index in [0.29, 0.717) is 0 Å². The van der Waals surface area contributed by atoms with Gasteiger partial charge in [0.15, 0.2) is 0 Å². The van der Waals surface area contributed by atoms with Crippen LogP contribution in [0.2, 0.25) is 0 Å². The Morgan fingerprint density at radius 3 is 1.66 bits per heavy atom. The third kappa shape index (κ3) is 5.93. The normalized spacial score (nSPS) is 10.1. The van der Waals surface area contributed by atoms with Crippen molar-refractivity contribution < 1.29 is 20.1 Å². The van der Waals surface area contributed by atoms with Gasteiger partial charge in [0.25, 0.3) is 0 Å². The Hall–Kier alpha value is -3.98. The van der Waals surface area contributed by atoms with Crippen molar-refractivity contribution in [3.8, 4) is 33.8 Å². The van der Waals surface area contributed by atoms with Crippen LogP contribution in [0.25, 0.3) is 44.8 Å². The minimum Gasteiger partial charge on any atom is -0.305 e. The van der Waals surface area contributed by atoms with Gasteiger partial charge in [0.1, 0.15) is 0 Å². The van der Waals surface area contributed by atoms with Gasteiger partial charge in [0.05, 0.1) is 16.7 Å². The van der Waals surface area contributed by atoms with Gasteiger partial charge >= 0.3 is 0 Å². The number of hydrogen-bond acceptors (Lipinski definition) is 3. The summed E-state index contributed by atoms with van der Waals surface area (Å²) >= 11 is 0. The molecule has 6 aromatic rings. The second kappa shape index (κ2) is 11.9. The summed E-state index contributed by atoms with van der Waals surface area (Å²) in [7, 11) is 0. The Kier molecular flexibility index (Phi) is 8.24. The predicted molar refractivity (Wildman–Crippen MR) is 138 cm³/mol. The summed E-state index contributed by atoms with van der Waals surface area (Å²) in [6.07, 6.45) is 1.79. The fraction of sp³-hybridized carbons (Fsp3) is 0. The molecule has 0 aliphatic rings. The van der Waals surface area contributed by atoms with Crippen LogP contribution >= 0.6 is 0 Å². The van der Waals surface area contributed by atoms with Crippen molar-refractivity contribution in [1.29, 1.82) is 0 Å². The maximum Gasteiger partial charge on any atom is 0.0875 e. The van der Waals surface area contributed by atoms with E-state index in [9.17, 15) is 0 Å². The fourth-order valence-electron chi connectivity index (χ4n) is 3.60. The van der Waals surface area contributed by atoms with Crippen molar-refractivity contribution in [2.45, 2.75) is 0 Å². The molecule has 171 valence electrons. The summed E-state index contributed by atoms with van der Waals surface area (Å²) < 4.78 is 0. The zero-order chi connectivity index (χ0) is 23.0. The smallest absolute Gasteiger partial charge is 0.0875 e. The van der Waals surface area contributed by atoms with Gasteiger partial charge in [-0.2, -0.15) is 0 Å². The average molecular weight is 628 g/mol. The van der Waals surface area contributed by atoms with Crippen molar-refractivity contribution in [2.24, 2.45) is 0 Å². The molecule has 3 nitrogen and oxygen atoms in total. The first-order chi connectivity index (χ1) is 16.9. The zero-order valence-corrected chi connectivity index (χ0v) is 21.2. The molecule has 0 aliphatic heterocycles. The average Bonchev–Trinajstić information content (AvgIpc) is 2.95. The van der Waals surface area contributed by atoms with Gasteiger partial charge < -0.3 is 4.98 Å². The Morgan fingerprint density at radius 1 is 0.486 bits per heavy atom. The molecule has 35 heavy (non-hydrogen) atoms. The van der Waals surface area contributed by atoms with E-state index in [-0.39, 0.29) is 20.1 Å². The summed E-state index contributed by atoms with van der Waals surface area (Å²) in [6.45, 7) is 0. The number of rotatable bonds is 3. The second-order valence-electron chi connectivity index (χ2n) is 7.54. The van der Waals surface area contributed by atoms with Crippen molar-refractivity contribution in [3.05, 3.63) is 140 Å². The van der Waals surface area contributed by atoms with Gasteiger partial charge in [0.2, 0.25) is 0 Å². The number of fused-ring (bicyclic) bond motifs is 1. The van der Waals surface area contributed by atoms with E-state index in [1.165, 1.54) is 0 Å². The van der Waals surface area contributed by atoms with Gasteiger partial charge in [-0.15, -0.1) is 71.8 Å². The SMILES string of the molecule is [Ir].[c-]1ccccc1-c1ccccn1.[c-]1ccccc1-c1nc2ccccc2nc1-c1ccccc1. The van der Waals surface area contributed by atoms with Crippen LogP contribution in [0.5, 0.6) is 0 Å². The molecule has 0 spiro atoms. The monoisotopic (exact) mass is 628 g/mol. The number of para-hydroxylation sites is 2. The topological polar surface area (TPSA) is 38.7 Å². The first kappa shape index (κ1) is 24.2. The van der Waals surface area contributed by atoms with E-state index in [0.717, 1.165) is 44.8 Å². The largest absolute Gasteiger partial charge is 0.305 e. The van der Waals surface area contributed by atoms with Gasteiger partial charge in [-0.05, 0) is 29.5 Å². The van der Waals surface area contributed by atoms with Crippen molar-refractivity contribution in [3.63, 3.8) is 0 Å². The van der Waals surface area contributed by atoms with E-state index in [2.05, 4.69) is 29.2 Å². The Morgan fingerprint density at radius 2 is 1.06 bits per heavy atom. The third-order valence-electron chi connectivity index (χ3n) is 5.23. The zero-order valence-electron chi connectivity index (χ0n) is 18.8. The number of pyridine rings is 1. The van der Waals surface area contributed by atoms with Crippen LogP contribution in [0, 0.1) is 12.1 Å². The molecule has 0 N–H and O–H groups in total. The molecule has 1 radical (unpaired) electrons. The van der Waals surface area contributed by atoms with E-state index >= 15 is 0 Å². The molecule has 2 aromatic heterocycles. The van der Waals surface area contributed by atoms with E-state index in [1.807, 2.05) is 109 Å².